The van der Waals surface area contributed by atoms with Crippen LogP contribution in [0.4, 0.5) is 0 Å². The number of carbonyl (C=O) groups is 1. The van der Waals surface area contributed by atoms with Crippen LogP contribution >= 0.6 is 0 Å². The van der Waals surface area contributed by atoms with E-state index in [1.54, 1.807) is 0 Å². The van der Waals surface area contributed by atoms with Crippen LogP contribution in [-0.4, -0.2) is 59.6 Å². The van der Waals surface area contributed by atoms with Crippen LogP contribution in [0.1, 0.15) is 26.7 Å². The van der Waals surface area contributed by atoms with Crippen molar-refractivity contribution < 1.29 is 9.90 Å². The zero-order chi connectivity index (χ0) is 11.4. The highest BCUT2D eigenvalue weighted by atomic mass is 16.4. The van der Waals surface area contributed by atoms with E-state index in [1.807, 2.05) is 11.9 Å². The SMILES string of the molecule is CC(C)N1CCC(N(C)CC(=O)O)CC1. The van der Waals surface area contributed by atoms with E-state index in [1.165, 1.54) is 0 Å². The van der Waals surface area contributed by atoms with Crippen LogP contribution in [0.5, 0.6) is 0 Å². The van der Waals surface area contributed by atoms with E-state index >= 15 is 0 Å². The van der Waals surface area contributed by atoms with Crippen LogP contribution in [0.2, 0.25) is 0 Å². The summed E-state index contributed by atoms with van der Waals surface area (Å²) in [4.78, 5) is 15.0. The molecule has 1 aliphatic rings. The molecule has 1 aliphatic heterocycles. The van der Waals surface area contributed by atoms with E-state index in [4.69, 9.17) is 5.11 Å². The lowest BCUT2D eigenvalue weighted by Gasteiger charge is -2.38. The quantitative estimate of drug-likeness (QED) is 0.754. The number of likely N-dealkylation sites (tertiary alicyclic amines) is 1. The number of piperidine rings is 1. The number of nitrogens with zero attached hydrogens (tertiary/aromatic N) is 2. The van der Waals surface area contributed by atoms with Gasteiger partial charge in [0.25, 0.3) is 0 Å². The number of hydrogen-bond donors (Lipinski definition) is 1. The van der Waals surface area contributed by atoms with Crippen LogP contribution in [0.3, 0.4) is 0 Å². The molecule has 0 radical (unpaired) electrons. The topological polar surface area (TPSA) is 43.8 Å². The van der Waals surface area contributed by atoms with Crippen LogP contribution in [-0.2, 0) is 4.79 Å². The number of hydrogen-bond acceptors (Lipinski definition) is 3. The first-order chi connectivity index (χ1) is 7.00. The molecule has 15 heavy (non-hydrogen) atoms. The lowest BCUT2D eigenvalue weighted by atomic mass is 10.0. The molecule has 0 atom stereocenters. The first kappa shape index (κ1) is 12.5. The zero-order valence-corrected chi connectivity index (χ0v) is 9.94. The third kappa shape index (κ3) is 3.80. The molecule has 0 aliphatic carbocycles. The van der Waals surface area contributed by atoms with Crippen molar-refractivity contribution in [3.63, 3.8) is 0 Å². The maximum absolute atomic E-state index is 10.6. The molecule has 0 spiro atoms. The fraction of sp³-hybridized carbons (Fsp3) is 0.909. The molecule has 0 aromatic rings. The van der Waals surface area contributed by atoms with Crippen molar-refractivity contribution in [2.45, 2.75) is 38.8 Å². The molecular weight excluding hydrogens is 192 g/mol. The van der Waals surface area contributed by atoms with Gasteiger partial charge in [-0.3, -0.25) is 9.69 Å². The lowest BCUT2D eigenvalue weighted by Crippen LogP contribution is -2.46. The minimum atomic E-state index is -0.733. The van der Waals surface area contributed by atoms with Gasteiger partial charge in [-0.05, 0) is 46.8 Å². The summed E-state index contributed by atoms with van der Waals surface area (Å²) in [5.74, 6) is -0.733. The average Bonchev–Trinajstić information content (AvgIpc) is 2.17. The van der Waals surface area contributed by atoms with Crippen molar-refractivity contribution in [3.8, 4) is 0 Å². The maximum Gasteiger partial charge on any atom is 0.317 e. The summed E-state index contributed by atoms with van der Waals surface area (Å²) in [5, 5.41) is 8.70. The van der Waals surface area contributed by atoms with Crippen molar-refractivity contribution in [2.24, 2.45) is 0 Å². The molecule has 88 valence electrons. The number of likely N-dealkylation sites (N-methyl/N-ethyl adjacent to an activating group) is 1. The summed E-state index contributed by atoms with van der Waals surface area (Å²) in [6, 6.07) is 1.05. The Labute approximate surface area is 91.9 Å². The van der Waals surface area contributed by atoms with Crippen molar-refractivity contribution in [1.82, 2.24) is 9.80 Å². The van der Waals surface area contributed by atoms with Gasteiger partial charge in [-0.25, -0.2) is 0 Å². The molecule has 1 fully saturated rings. The highest BCUT2D eigenvalue weighted by Crippen LogP contribution is 2.16. The van der Waals surface area contributed by atoms with Gasteiger partial charge in [0, 0.05) is 12.1 Å². The monoisotopic (exact) mass is 214 g/mol. The normalized spacial score (nSPS) is 20.1. The van der Waals surface area contributed by atoms with Gasteiger partial charge in [-0.1, -0.05) is 0 Å². The minimum absolute atomic E-state index is 0.159. The van der Waals surface area contributed by atoms with Gasteiger partial charge >= 0.3 is 5.97 Å². The van der Waals surface area contributed by atoms with Crippen molar-refractivity contribution in [3.05, 3.63) is 0 Å². The molecule has 1 heterocycles. The number of carboxylic acid groups (broad SMARTS) is 1. The first-order valence-corrected chi connectivity index (χ1v) is 5.66. The van der Waals surface area contributed by atoms with E-state index in [2.05, 4.69) is 18.7 Å². The summed E-state index contributed by atoms with van der Waals surface area (Å²) < 4.78 is 0. The van der Waals surface area contributed by atoms with E-state index in [0.717, 1.165) is 25.9 Å². The van der Waals surface area contributed by atoms with Crippen LogP contribution in [0, 0.1) is 0 Å². The molecule has 1 rings (SSSR count). The second-order valence-corrected chi connectivity index (χ2v) is 4.67. The third-order valence-corrected chi connectivity index (χ3v) is 3.24. The molecule has 0 unspecified atom stereocenters. The molecule has 0 bridgehead atoms. The van der Waals surface area contributed by atoms with Gasteiger partial charge in [0.1, 0.15) is 0 Å². The largest absolute Gasteiger partial charge is 0.480 e. The predicted octanol–water partition coefficient (Wildman–Crippen LogP) is 0.876. The van der Waals surface area contributed by atoms with E-state index in [-0.39, 0.29) is 6.54 Å². The van der Waals surface area contributed by atoms with Gasteiger partial charge in [-0.15, -0.1) is 0 Å². The third-order valence-electron chi connectivity index (χ3n) is 3.24. The second kappa shape index (κ2) is 5.47. The van der Waals surface area contributed by atoms with Crippen LogP contribution in [0.25, 0.3) is 0 Å². The van der Waals surface area contributed by atoms with Crippen molar-refractivity contribution >= 4 is 5.97 Å². The van der Waals surface area contributed by atoms with Crippen molar-refractivity contribution in [1.29, 1.82) is 0 Å². The van der Waals surface area contributed by atoms with Gasteiger partial charge in [0.15, 0.2) is 0 Å². The summed E-state index contributed by atoms with van der Waals surface area (Å²) in [7, 11) is 1.91. The molecule has 4 heteroatoms. The zero-order valence-electron chi connectivity index (χ0n) is 9.94. The second-order valence-electron chi connectivity index (χ2n) is 4.67. The highest BCUT2D eigenvalue weighted by Gasteiger charge is 2.24. The maximum atomic E-state index is 10.6. The van der Waals surface area contributed by atoms with E-state index in [9.17, 15) is 4.79 Å². The smallest absolute Gasteiger partial charge is 0.317 e. The lowest BCUT2D eigenvalue weighted by molar-refractivity contribution is -0.138. The van der Waals surface area contributed by atoms with Gasteiger partial charge < -0.3 is 10.0 Å². The number of carboxylic acids is 1. The van der Waals surface area contributed by atoms with Gasteiger partial charge in [-0.2, -0.15) is 0 Å². The predicted molar refractivity (Wildman–Crippen MR) is 60.0 cm³/mol. The Bertz CT molecular complexity index is 211. The van der Waals surface area contributed by atoms with E-state index in [0.29, 0.717) is 12.1 Å². The minimum Gasteiger partial charge on any atom is -0.480 e. The average molecular weight is 214 g/mol. The molecule has 4 nitrogen and oxygen atoms in total. The van der Waals surface area contributed by atoms with Crippen molar-refractivity contribution in [2.75, 3.05) is 26.7 Å². The number of rotatable bonds is 4. The molecule has 1 N–H and O–H groups in total. The molecule has 0 saturated carbocycles. The Balaban J connectivity index is 2.33. The van der Waals surface area contributed by atoms with Gasteiger partial charge in [0.05, 0.1) is 6.54 Å². The Kier molecular flexibility index (Phi) is 4.54. The van der Waals surface area contributed by atoms with Crippen LogP contribution < -0.4 is 0 Å². The molecule has 0 aromatic heterocycles. The van der Waals surface area contributed by atoms with Gasteiger partial charge in [0.2, 0.25) is 0 Å². The fourth-order valence-electron chi connectivity index (χ4n) is 2.19. The molecule has 0 amide bonds. The Morgan fingerprint density at radius 1 is 1.47 bits per heavy atom. The highest BCUT2D eigenvalue weighted by molar-refractivity contribution is 5.69. The summed E-state index contributed by atoms with van der Waals surface area (Å²) in [5.41, 5.74) is 0. The molecule has 1 saturated heterocycles. The Morgan fingerprint density at radius 3 is 2.40 bits per heavy atom. The molecular formula is C11H22N2O2. The first-order valence-electron chi connectivity index (χ1n) is 5.66. The summed E-state index contributed by atoms with van der Waals surface area (Å²) >= 11 is 0. The Hall–Kier alpha value is -0.610. The van der Waals surface area contributed by atoms with Crippen LogP contribution in [0.15, 0.2) is 0 Å². The Morgan fingerprint density at radius 2 is 2.00 bits per heavy atom. The number of aliphatic carboxylic acids is 1. The summed E-state index contributed by atoms with van der Waals surface area (Å²) in [6.45, 7) is 6.76. The summed E-state index contributed by atoms with van der Waals surface area (Å²) in [6.07, 6.45) is 2.17. The standard InChI is InChI=1S/C11H22N2O2/c1-9(2)13-6-4-10(5-7-13)12(3)8-11(14)15/h9-10H,4-8H2,1-3H3,(H,14,15). The molecule has 0 aromatic carbocycles. The van der Waals surface area contributed by atoms with E-state index < -0.39 is 5.97 Å². The fourth-order valence-corrected chi connectivity index (χ4v) is 2.19.